The second-order valence-corrected chi connectivity index (χ2v) is 4.49. The fraction of sp³-hybridized carbons (Fsp3) is 0.900. The third kappa shape index (κ3) is 3.77. The number of amides is 1. The van der Waals surface area contributed by atoms with Gasteiger partial charge in [-0.2, -0.15) is 0 Å². The molecule has 3 nitrogen and oxygen atoms in total. The second kappa shape index (κ2) is 4.09. The minimum atomic E-state index is -0.213. The predicted molar refractivity (Wildman–Crippen MR) is 51.5 cm³/mol. The molecule has 0 saturated carbocycles. The van der Waals surface area contributed by atoms with Gasteiger partial charge in [-0.15, -0.1) is 0 Å². The minimum Gasteiger partial charge on any atom is -0.366 e. The highest BCUT2D eigenvalue weighted by atomic mass is 16.5. The molecule has 0 spiro atoms. The first-order chi connectivity index (χ1) is 5.99. The molecule has 1 rings (SSSR count). The summed E-state index contributed by atoms with van der Waals surface area (Å²) >= 11 is 0. The van der Waals surface area contributed by atoms with Gasteiger partial charge in [0.2, 0.25) is 5.91 Å². The smallest absolute Gasteiger partial charge is 0.248 e. The molecule has 0 aromatic rings. The van der Waals surface area contributed by atoms with E-state index in [1.54, 1.807) is 0 Å². The quantitative estimate of drug-likeness (QED) is 0.651. The van der Waals surface area contributed by atoms with Crippen molar-refractivity contribution in [3.8, 4) is 0 Å². The lowest BCUT2D eigenvalue weighted by molar-refractivity contribution is -0.139. The van der Waals surface area contributed by atoms with Crippen LogP contribution >= 0.6 is 0 Å². The molecule has 0 aromatic heterocycles. The normalized spacial score (nSPS) is 17.9. The van der Waals surface area contributed by atoms with Crippen LogP contribution in [0.4, 0.5) is 0 Å². The molecule has 1 amide bonds. The van der Waals surface area contributed by atoms with Crippen LogP contribution < -0.4 is 0 Å². The molecule has 3 heteroatoms. The van der Waals surface area contributed by atoms with E-state index in [0.29, 0.717) is 0 Å². The maximum Gasteiger partial charge on any atom is 0.248 e. The van der Waals surface area contributed by atoms with Gasteiger partial charge in [0.1, 0.15) is 6.61 Å². The van der Waals surface area contributed by atoms with Crippen molar-refractivity contribution in [2.75, 3.05) is 19.7 Å². The Bertz CT molecular complexity index is 178. The lowest BCUT2D eigenvalue weighted by atomic mass is 10.2. The third-order valence-corrected chi connectivity index (χ3v) is 2.09. The molecule has 0 bridgehead atoms. The lowest BCUT2D eigenvalue weighted by Gasteiger charge is -2.21. The first-order valence-corrected chi connectivity index (χ1v) is 4.91. The van der Waals surface area contributed by atoms with Gasteiger partial charge in [-0.05, 0) is 33.6 Å². The first-order valence-electron chi connectivity index (χ1n) is 4.91. The second-order valence-electron chi connectivity index (χ2n) is 4.49. The molecule has 0 atom stereocenters. The van der Waals surface area contributed by atoms with Crippen LogP contribution in [0.3, 0.4) is 0 Å². The van der Waals surface area contributed by atoms with Crippen LogP contribution in [0.5, 0.6) is 0 Å². The molecule has 0 aliphatic carbocycles. The molecule has 1 aliphatic rings. The first kappa shape index (κ1) is 10.5. The molecule has 76 valence electrons. The number of rotatable bonds is 2. The Morgan fingerprint density at radius 2 is 1.85 bits per heavy atom. The summed E-state index contributed by atoms with van der Waals surface area (Å²) < 4.78 is 5.41. The summed E-state index contributed by atoms with van der Waals surface area (Å²) in [5, 5.41) is 0. The van der Waals surface area contributed by atoms with E-state index in [4.69, 9.17) is 4.74 Å². The number of carbonyl (C=O) groups excluding carboxylic acids is 1. The van der Waals surface area contributed by atoms with Crippen LogP contribution in [0.2, 0.25) is 0 Å². The van der Waals surface area contributed by atoms with Crippen molar-refractivity contribution in [2.24, 2.45) is 0 Å². The molecule has 1 saturated heterocycles. The van der Waals surface area contributed by atoms with Gasteiger partial charge in [-0.1, -0.05) is 0 Å². The Labute approximate surface area is 80.1 Å². The van der Waals surface area contributed by atoms with Crippen LogP contribution in [0.25, 0.3) is 0 Å². The topological polar surface area (TPSA) is 29.5 Å². The van der Waals surface area contributed by atoms with Crippen LogP contribution in [0, 0.1) is 0 Å². The van der Waals surface area contributed by atoms with Gasteiger partial charge in [0, 0.05) is 13.1 Å². The SMILES string of the molecule is CC(C)(C)OCC(=O)N1CCCC1. The highest BCUT2D eigenvalue weighted by Gasteiger charge is 2.20. The van der Waals surface area contributed by atoms with Crippen LogP contribution in [0.15, 0.2) is 0 Å². The monoisotopic (exact) mass is 185 g/mol. The van der Waals surface area contributed by atoms with E-state index in [1.165, 1.54) is 0 Å². The lowest BCUT2D eigenvalue weighted by Crippen LogP contribution is -2.34. The van der Waals surface area contributed by atoms with Gasteiger partial charge >= 0.3 is 0 Å². The zero-order chi connectivity index (χ0) is 9.90. The number of carbonyl (C=O) groups is 1. The van der Waals surface area contributed by atoms with E-state index < -0.39 is 0 Å². The molecular weight excluding hydrogens is 166 g/mol. The van der Waals surface area contributed by atoms with Crippen molar-refractivity contribution in [1.82, 2.24) is 4.90 Å². The van der Waals surface area contributed by atoms with Crippen molar-refractivity contribution in [3.05, 3.63) is 0 Å². The number of hydrogen-bond acceptors (Lipinski definition) is 2. The van der Waals surface area contributed by atoms with E-state index in [9.17, 15) is 4.79 Å². The molecule has 13 heavy (non-hydrogen) atoms. The Balaban J connectivity index is 2.25. The van der Waals surface area contributed by atoms with E-state index in [-0.39, 0.29) is 18.1 Å². The Hall–Kier alpha value is -0.570. The van der Waals surface area contributed by atoms with E-state index in [1.807, 2.05) is 25.7 Å². The zero-order valence-electron chi connectivity index (χ0n) is 8.80. The maximum absolute atomic E-state index is 11.5. The van der Waals surface area contributed by atoms with Crippen molar-refractivity contribution in [3.63, 3.8) is 0 Å². The van der Waals surface area contributed by atoms with Gasteiger partial charge in [0.25, 0.3) is 0 Å². The zero-order valence-corrected chi connectivity index (χ0v) is 8.80. The van der Waals surface area contributed by atoms with Gasteiger partial charge < -0.3 is 9.64 Å². The van der Waals surface area contributed by atoms with E-state index >= 15 is 0 Å². The molecule has 1 heterocycles. The number of nitrogens with zero attached hydrogens (tertiary/aromatic N) is 1. The third-order valence-electron chi connectivity index (χ3n) is 2.09. The Morgan fingerprint density at radius 1 is 1.31 bits per heavy atom. The summed E-state index contributed by atoms with van der Waals surface area (Å²) in [6, 6.07) is 0. The molecule has 0 aromatic carbocycles. The molecule has 0 radical (unpaired) electrons. The van der Waals surface area contributed by atoms with Crippen molar-refractivity contribution < 1.29 is 9.53 Å². The average molecular weight is 185 g/mol. The summed E-state index contributed by atoms with van der Waals surface area (Å²) in [5.74, 6) is 0.132. The van der Waals surface area contributed by atoms with Gasteiger partial charge in [-0.25, -0.2) is 0 Å². The molecular formula is C10H19NO2. The summed E-state index contributed by atoms with van der Waals surface area (Å²) in [6.07, 6.45) is 2.28. The Morgan fingerprint density at radius 3 is 2.31 bits per heavy atom. The summed E-state index contributed by atoms with van der Waals surface area (Å²) in [5.41, 5.74) is -0.213. The molecule has 1 fully saturated rings. The van der Waals surface area contributed by atoms with E-state index in [0.717, 1.165) is 25.9 Å². The number of hydrogen-bond donors (Lipinski definition) is 0. The largest absolute Gasteiger partial charge is 0.366 e. The maximum atomic E-state index is 11.5. The summed E-state index contributed by atoms with van der Waals surface area (Å²) in [6.45, 7) is 7.93. The standard InChI is InChI=1S/C10H19NO2/c1-10(2,3)13-8-9(12)11-6-4-5-7-11/h4-8H2,1-3H3. The van der Waals surface area contributed by atoms with Gasteiger partial charge in [-0.3, -0.25) is 4.79 Å². The summed E-state index contributed by atoms with van der Waals surface area (Å²) in [4.78, 5) is 13.4. The fourth-order valence-corrected chi connectivity index (χ4v) is 1.34. The summed E-state index contributed by atoms with van der Waals surface area (Å²) in [7, 11) is 0. The van der Waals surface area contributed by atoms with Crippen molar-refractivity contribution in [1.29, 1.82) is 0 Å². The number of ether oxygens (including phenoxy) is 1. The van der Waals surface area contributed by atoms with Crippen LogP contribution in [-0.2, 0) is 9.53 Å². The molecule has 0 unspecified atom stereocenters. The van der Waals surface area contributed by atoms with E-state index in [2.05, 4.69) is 0 Å². The average Bonchev–Trinajstić information content (AvgIpc) is 2.50. The minimum absolute atomic E-state index is 0.132. The predicted octanol–water partition coefficient (Wildman–Crippen LogP) is 1.42. The highest BCUT2D eigenvalue weighted by Crippen LogP contribution is 2.10. The Kier molecular flexibility index (Phi) is 3.31. The van der Waals surface area contributed by atoms with Crippen molar-refractivity contribution >= 4 is 5.91 Å². The van der Waals surface area contributed by atoms with Crippen LogP contribution in [-0.4, -0.2) is 36.1 Å². The van der Waals surface area contributed by atoms with Crippen LogP contribution in [0.1, 0.15) is 33.6 Å². The van der Waals surface area contributed by atoms with Crippen molar-refractivity contribution in [2.45, 2.75) is 39.2 Å². The fourth-order valence-electron chi connectivity index (χ4n) is 1.34. The van der Waals surface area contributed by atoms with Gasteiger partial charge in [0.15, 0.2) is 0 Å². The van der Waals surface area contributed by atoms with Gasteiger partial charge in [0.05, 0.1) is 5.60 Å². The molecule has 0 N–H and O–H groups in total. The highest BCUT2D eigenvalue weighted by molar-refractivity contribution is 5.77. The molecule has 1 aliphatic heterocycles. The number of likely N-dealkylation sites (tertiary alicyclic amines) is 1.